The van der Waals surface area contributed by atoms with Crippen molar-refractivity contribution in [1.29, 1.82) is 0 Å². The molecule has 0 saturated carbocycles. The zero-order valence-electron chi connectivity index (χ0n) is 15.4. The molecule has 8 heteroatoms. The van der Waals surface area contributed by atoms with Crippen molar-refractivity contribution in [2.24, 2.45) is 5.10 Å². The number of hydrazone groups is 1. The van der Waals surface area contributed by atoms with Crippen LogP contribution in [-0.4, -0.2) is 41.6 Å². The van der Waals surface area contributed by atoms with E-state index in [1.165, 1.54) is 16.6 Å². The number of aromatic nitrogens is 1. The maximum absolute atomic E-state index is 12.4. The van der Waals surface area contributed by atoms with E-state index in [2.05, 4.69) is 15.5 Å². The van der Waals surface area contributed by atoms with E-state index in [4.69, 9.17) is 0 Å². The molecule has 0 unspecified atom stereocenters. The molecule has 0 bridgehead atoms. The second kappa shape index (κ2) is 8.29. The first-order chi connectivity index (χ1) is 12.3. The fraction of sp³-hybridized carbons (Fsp3) is 0.333. The summed E-state index contributed by atoms with van der Waals surface area (Å²) in [4.78, 5) is 4.26. The van der Waals surface area contributed by atoms with Gasteiger partial charge in [-0.15, -0.1) is 0 Å². The Morgan fingerprint density at radius 1 is 1.23 bits per heavy atom. The molecule has 0 radical (unpaired) electrons. The van der Waals surface area contributed by atoms with Crippen LogP contribution in [0, 0.1) is 6.92 Å². The van der Waals surface area contributed by atoms with Crippen LogP contribution in [0.25, 0.3) is 0 Å². The number of benzene rings is 1. The maximum atomic E-state index is 12.4. The second-order valence-electron chi connectivity index (χ2n) is 5.80. The first kappa shape index (κ1) is 19.9. The highest BCUT2D eigenvalue weighted by atomic mass is 32.2. The summed E-state index contributed by atoms with van der Waals surface area (Å²) in [5.74, 6) is 0.558. The minimum Gasteiger partial charge on any atom is -0.507 e. The number of hydrogen-bond donors (Lipinski definition) is 2. The van der Waals surface area contributed by atoms with Gasteiger partial charge in [-0.25, -0.2) is 13.4 Å². The summed E-state index contributed by atoms with van der Waals surface area (Å²) in [5.41, 5.74) is 5.01. The molecule has 1 aromatic carbocycles. The highest BCUT2D eigenvalue weighted by molar-refractivity contribution is 7.89. The Kier molecular flexibility index (Phi) is 6.33. The van der Waals surface area contributed by atoms with Gasteiger partial charge >= 0.3 is 0 Å². The summed E-state index contributed by atoms with van der Waals surface area (Å²) in [7, 11) is -3.53. The molecule has 0 aliphatic rings. The average Bonchev–Trinajstić information content (AvgIpc) is 2.63. The summed E-state index contributed by atoms with van der Waals surface area (Å²) < 4.78 is 26.2. The molecule has 0 atom stereocenters. The lowest BCUT2D eigenvalue weighted by molar-refractivity contribution is 0.445. The molecule has 2 aromatic rings. The lowest BCUT2D eigenvalue weighted by Crippen LogP contribution is -2.30. The van der Waals surface area contributed by atoms with Crippen LogP contribution in [0.15, 0.2) is 46.5 Å². The van der Waals surface area contributed by atoms with Crippen LogP contribution in [0.2, 0.25) is 0 Å². The van der Waals surface area contributed by atoms with Crippen molar-refractivity contribution >= 4 is 21.6 Å². The van der Waals surface area contributed by atoms with Crippen molar-refractivity contribution in [3.63, 3.8) is 0 Å². The van der Waals surface area contributed by atoms with Gasteiger partial charge in [0.15, 0.2) is 0 Å². The SMILES string of the molecule is CCN(CC)S(=O)(=O)c1ccc(N/N=C(\C)c2cc(C)ccc2O)nc1. The van der Waals surface area contributed by atoms with Gasteiger partial charge in [-0.1, -0.05) is 25.5 Å². The summed E-state index contributed by atoms with van der Waals surface area (Å²) in [6.45, 7) is 8.09. The highest BCUT2D eigenvalue weighted by Gasteiger charge is 2.21. The lowest BCUT2D eigenvalue weighted by Gasteiger charge is -2.18. The number of aromatic hydroxyl groups is 1. The molecule has 26 heavy (non-hydrogen) atoms. The van der Waals surface area contributed by atoms with E-state index in [1.54, 1.807) is 32.9 Å². The van der Waals surface area contributed by atoms with Gasteiger partial charge in [0, 0.05) is 24.8 Å². The number of hydrogen-bond acceptors (Lipinski definition) is 6. The molecule has 0 aliphatic heterocycles. The number of pyridine rings is 1. The Labute approximate surface area is 154 Å². The van der Waals surface area contributed by atoms with Crippen molar-refractivity contribution in [2.75, 3.05) is 18.5 Å². The molecule has 0 aliphatic carbocycles. The van der Waals surface area contributed by atoms with Gasteiger partial charge in [-0.3, -0.25) is 5.43 Å². The third kappa shape index (κ3) is 4.39. The van der Waals surface area contributed by atoms with E-state index in [9.17, 15) is 13.5 Å². The van der Waals surface area contributed by atoms with Crippen LogP contribution in [0.3, 0.4) is 0 Å². The largest absolute Gasteiger partial charge is 0.507 e. The molecule has 140 valence electrons. The fourth-order valence-electron chi connectivity index (χ4n) is 2.45. The molecular weight excluding hydrogens is 352 g/mol. The van der Waals surface area contributed by atoms with E-state index < -0.39 is 10.0 Å². The van der Waals surface area contributed by atoms with E-state index >= 15 is 0 Å². The first-order valence-corrected chi connectivity index (χ1v) is 9.80. The summed E-state index contributed by atoms with van der Waals surface area (Å²) in [6.07, 6.45) is 1.31. The quantitative estimate of drug-likeness (QED) is 0.572. The molecule has 0 fully saturated rings. The van der Waals surface area contributed by atoms with Gasteiger partial charge in [0.05, 0.1) is 5.71 Å². The van der Waals surface area contributed by atoms with Gasteiger partial charge in [-0.2, -0.15) is 9.41 Å². The third-order valence-electron chi connectivity index (χ3n) is 3.96. The number of rotatable bonds is 7. The van der Waals surface area contributed by atoms with E-state index in [0.29, 0.717) is 30.2 Å². The summed E-state index contributed by atoms with van der Waals surface area (Å²) in [6, 6.07) is 8.33. The van der Waals surface area contributed by atoms with Crippen LogP contribution < -0.4 is 5.43 Å². The molecule has 0 spiro atoms. The van der Waals surface area contributed by atoms with Crippen LogP contribution >= 0.6 is 0 Å². The first-order valence-electron chi connectivity index (χ1n) is 8.36. The van der Waals surface area contributed by atoms with E-state index in [-0.39, 0.29) is 10.6 Å². The molecule has 2 rings (SSSR count). The molecular formula is C18H24N4O3S. The Hall–Kier alpha value is -2.45. The Morgan fingerprint density at radius 2 is 1.92 bits per heavy atom. The summed E-state index contributed by atoms with van der Waals surface area (Å²) in [5, 5.41) is 14.1. The number of aryl methyl sites for hydroxylation is 1. The molecule has 1 heterocycles. The van der Waals surface area contributed by atoms with Crippen molar-refractivity contribution in [2.45, 2.75) is 32.6 Å². The van der Waals surface area contributed by atoms with Gasteiger partial charge in [0.2, 0.25) is 10.0 Å². The zero-order valence-corrected chi connectivity index (χ0v) is 16.2. The van der Waals surface area contributed by atoms with Gasteiger partial charge < -0.3 is 5.11 Å². The van der Waals surface area contributed by atoms with Crippen LogP contribution in [0.1, 0.15) is 31.9 Å². The van der Waals surface area contributed by atoms with Crippen molar-refractivity contribution in [3.8, 4) is 5.75 Å². The molecule has 7 nitrogen and oxygen atoms in total. The number of phenols is 1. The topological polar surface area (TPSA) is 94.9 Å². The minimum atomic E-state index is -3.53. The van der Waals surface area contributed by atoms with Gasteiger partial charge in [0.1, 0.15) is 16.5 Å². The zero-order chi connectivity index (χ0) is 19.3. The number of anilines is 1. The van der Waals surface area contributed by atoms with Crippen LogP contribution in [-0.2, 0) is 10.0 Å². The Balaban J connectivity index is 2.18. The number of sulfonamides is 1. The standard InChI is InChI=1S/C18H24N4O3S/c1-5-22(6-2)26(24,25)15-8-10-18(19-12-15)21-20-14(4)16-11-13(3)7-9-17(16)23/h7-12,23H,5-6H2,1-4H3,(H,19,21)/b20-14+. The van der Waals surface area contributed by atoms with Crippen molar-refractivity contribution in [1.82, 2.24) is 9.29 Å². The number of nitrogens with one attached hydrogen (secondary N) is 1. The highest BCUT2D eigenvalue weighted by Crippen LogP contribution is 2.20. The van der Waals surface area contributed by atoms with E-state index in [0.717, 1.165) is 5.56 Å². The molecule has 0 amide bonds. The van der Waals surface area contributed by atoms with Crippen molar-refractivity contribution in [3.05, 3.63) is 47.7 Å². The predicted octanol–water partition coefficient (Wildman–Crippen LogP) is 2.96. The predicted molar refractivity (Wildman–Crippen MR) is 103 cm³/mol. The Morgan fingerprint density at radius 3 is 2.50 bits per heavy atom. The monoisotopic (exact) mass is 376 g/mol. The second-order valence-corrected chi connectivity index (χ2v) is 7.74. The van der Waals surface area contributed by atoms with Gasteiger partial charge in [0.25, 0.3) is 0 Å². The molecule has 0 saturated heterocycles. The van der Waals surface area contributed by atoms with Crippen molar-refractivity contribution < 1.29 is 13.5 Å². The van der Waals surface area contributed by atoms with Gasteiger partial charge in [-0.05, 0) is 38.1 Å². The minimum absolute atomic E-state index is 0.142. The maximum Gasteiger partial charge on any atom is 0.244 e. The average molecular weight is 376 g/mol. The lowest BCUT2D eigenvalue weighted by atomic mass is 10.1. The smallest absolute Gasteiger partial charge is 0.244 e. The molecule has 1 aromatic heterocycles. The number of nitrogens with zero attached hydrogens (tertiary/aromatic N) is 3. The van der Waals surface area contributed by atoms with E-state index in [1.807, 2.05) is 19.1 Å². The normalized spacial score (nSPS) is 12.4. The fourth-order valence-corrected chi connectivity index (χ4v) is 3.86. The number of phenolic OH excluding ortho intramolecular Hbond substituents is 1. The third-order valence-corrected chi connectivity index (χ3v) is 5.99. The van der Waals surface area contributed by atoms with Crippen LogP contribution in [0.4, 0.5) is 5.82 Å². The van der Waals surface area contributed by atoms with Crippen LogP contribution in [0.5, 0.6) is 5.75 Å². The molecule has 2 N–H and O–H groups in total. The summed E-state index contributed by atoms with van der Waals surface area (Å²) >= 11 is 0. The Bertz CT molecular complexity index is 889.